The Kier molecular flexibility index (Phi) is 5.97. The summed E-state index contributed by atoms with van der Waals surface area (Å²) in [5, 5.41) is 11.5. The van der Waals surface area contributed by atoms with Gasteiger partial charge in [0.25, 0.3) is 15.7 Å². The Morgan fingerprint density at radius 1 is 1.09 bits per heavy atom. The van der Waals surface area contributed by atoms with E-state index in [-0.39, 0.29) is 30.5 Å². The van der Waals surface area contributed by atoms with E-state index in [9.17, 15) is 18.5 Å². The fourth-order valence-electron chi connectivity index (χ4n) is 3.44. The van der Waals surface area contributed by atoms with E-state index in [1.165, 1.54) is 35.7 Å². The van der Waals surface area contributed by atoms with Crippen LogP contribution < -0.4 is 13.8 Å². The maximum Gasteiger partial charge on any atom is 0.270 e. The quantitative estimate of drug-likeness (QED) is 0.392. The normalized spacial score (nSPS) is 13.0. The summed E-state index contributed by atoms with van der Waals surface area (Å²) in [6.07, 6.45) is 0. The summed E-state index contributed by atoms with van der Waals surface area (Å²) in [6, 6.07) is 17.2. The molecule has 1 aliphatic rings. The fraction of sp³-hybridized carbons (Fsp3) is 0.182. The van der Waals surface area contributed by atoms with Gasteiger partial charge < -0.3 is 14.2 Å². The van der Waals surface area contributed by atoms with Crippen LogP contribution >= 0.6 is 0 Å². The highest BCUT2D eigenvalue weighted by atomic mass is 32.2. The summed E-state index contributed by atoms with van der Waals surface area (Å²) in [4.78, 5) is 11.0. The summed E-state index contributed by atoms with van der Waals surface area (Å²) in [5.74, 6) is 0.961. The molecular weight excluding hydrogens is 436 g/mol. The molecule has 32 heavy (non-hydrogen) atoms. The van der Waals surface area contributed by atoms with Gasteiger partial charge in [-0.15, -0.1) is 0 Å². The predicted molar refractivity (Wildman–Crippen MR) is 116 cm³/mol. The standard InChI is InChI=1S/C22H20N2O7S/c1-29-20-9-7-18(8-10-20)23(32(27,28)21-5-3-2-4-6-21)13-16-11-19(24(25)26)12-17-14-30-15-31-22(16)17/h2-12H,13-15H2,1H3. The van der Waals surface area contributed by atoms with Gasteiger partial charge in [0.2, 0.25) is 0 Å². The molecule has 0 unspecified atom stereocenters. The lowest BCUT2D eigenvalue weighted by Gasteiger charge is -2.27. The van der Waals surface area contributed by atoms with Crippen LogP contribution in [0.3, 0.4) is 0 Å². The van der Waals surface area contributed by atoms with Gasteiger partial charge in [-0.1, -0.05) is 18.2 Å². The van der Waals surface area contributed by atoms with E-state index in [1.54, 1.807) is 42.5 Å². The number of fused-ring (bicyclic) bond motifs is 1. The van der Waals surface area contributed by atoms with Crippen LogP contribution in [0.2, 0.25) is 0 Å². The Morgan fingerprint density at radius 3 is 2.47 bits per heavy atom. The van der Waals surface area contributed by atoms with Gasteiger partial charge >= 0.3 is 0 Å². The van der Waals surface area contributed by atoms with E-state index in [2.05, 4.69) is 0 Å². The number of methoxy groups -OCH3 is 1. The highest BCUT2D eigenvalue weighted by Gasteiger charge is 2.29. The number of ether oxygens (including phenoxy) is 3. The molecule has 3 aromatic carbocycles. The first-order valence-electron chi connectivity index (χ1n) is 9.63. The highest BCUT2D eigenvalue weighted by Crippen LogP contribution is 2.36. The number of hydrogen-bond acceptors (Lipinski definition) is 7. The molecule has 1 aliphatic heterocycles. The highest BCUT2D eigenvalue weighted by molar-refractivity contribution is 7.92. The molecule has 0 aliphatic carbocycles. The van der Waals surface area contributed by atoms with Crippen LogP contribution in [0.15, 0.2) is 71.6 Å². The minimum absolute atomic E-state index is 0.0220. The van der Waals surface area contributed by atoms with Crippen LogP contribution in [0.4, 0.5) is 11.4 Å². The molecule has 0 amide bonds. The summed E-state index contributed by atoms with van der Waals surface area (Å²) in [6.45, 7) is -0.0582. The number of benzene rings is 3. The molecule has 0 radical (unpaired) electrons. The van der Waals surface area contributed by atoms with Crippen LogP contribution in [0.1, 0.15) is 11.1 Å². The van der Waals surface area contributed by atoms with Crippen molar-refractivity contribution in [1.82, 2.24) is 0 Å². The first-order chi connectivity index (χ1) is 15.4. The molecule has 0 saturated carbocycles. The van der Waals surface area contributed by atoms with Gasteiger partial charge in [-0.2, -0.15) is 0 Å². The summed E-state index contributed by atoms with van der Waals surface area (Å²) < 4.78 is 44.4. The van der Waals surface area contributed by atoms with Gasteiger partial charge in [0.1, 0.15) is 11.5 Å². The molecule has 1 heterocycles. The molecular formula is C22H20N2O7S. The number of rotatable bonds is 7. The fourth-order valence-corrected chi connectivity index (χ4v) is 4.91. The second-order valence-corrected chi connectivity index (χ2v) is 8.85. The summed E-state index contributed by atoms with van der Waals surface area (Å²) >= 11 is 0. The smallest absolute Gasteiger partial charge is 0.270 e. The average molecular weight is 456 g/mol. The molecule has 10 heteroatoms. The van der Waals surface area contributed by atoms with Gasteiger partial charge in [0.15, 0.2) is 6.79 Å². The lowest BCUT2D eigenvalue weighted by atomic mass is 10.1. The van der Waals surface area contributed by atoms with Crippen molar-refractivity contribution in [1.29, 1.82) is 0 Å². The largest absolute Gasteiger partial charge is 0.497 e. The van der Waals surface area contributed by atoms with Crippen molar-refractivity contribution in [2.24, 2.45) is 0 Å². The number of anilines is 1. The Morgan fingerprint density at radius 2 is 1.81 bits per heavy atom. The maximum absolute atomic E-state index is 13.6. The zero-order valence-corrected chi connectivity index (χ0v) is 17.9. The van der Waals surface area contributed by atoms with E-state index >= 15 is 0 Å². The molecule has 3 aromatic rings. The number of hydrogen-bond donors (Lipinski definition) is 0. The van der Waals surface area contributed by atoms with Crippen LogP contribution in [-0.4, -0.2) is 27.2 Å². The van der Waals surface area contributed by atoms with Gasteiger partial charge in [0.05, 0.1) is 35.8 Å². The first-order valence-corrected chi connectivity index (χ1v) is 11.1. The second-order valence-electron chi connectivity index (χ2n) is 6.98. The topological polar surface area (TPSA) is 108 Å². The maximum atomic E-state index is 13.6. The van der Waals surface area contributed by atoms with Crippen molar-refractivity contribution in [3.63, 3.8) is 0 Å². The molecule has 0 spiro atoms. The zero-order chi connectivity index (χ0) is 22.7. The SMILES string of the molecule is COc1ccc(N(Cc2cc([N+](=O)[O-])cc3c2OCOC3)S(=O)(=O)c2ccccc2)cc1. The lowest BCUT2D eigenvalue weighted by Crippen LogP contribution is -2.31. The third-order valence-corrected chi connectivity index (χ3v) is 6.78. The van der Waals surface area contributed by atoms with Crippen molar-refractivity contribution < 1.29 is 27.6 Å². The Bertz CT molecular complexity index is 1230. The third kappa shape index (κ3) is 4.23. The molecule has 0 aromatic heterocycles. The van der Waals surface area contributed by atoms with E-state index in [0.29, 0.717) is 28.3 Å². The van der Waals surface area contributed by atoms with Crippen LogP contribution in [0, 0.1) is 10.1 Å². The first kappa shape index (κ1) is 21.6. The Balaban J connectivity index is 1.84. The van der Waals surface area contributed by atoms with E-state index < -0.39 is 14.9 Å². The van der Waals surface area contributed by atoms with E-state index in [1.807, 2.05) is 0 Å². The summed E-state index contributed by atoms with van der Waals surface area (Å²) in [5.41, 5.74) is 1.07. The van der Waals surface area contributed by atoms with Crippen molar-refractivity contribution in [2.45, 2.75) is 18.0 Å². The minimum atomic E-state index is -4.00. The minimum Gasteiger partial charge on any atom is -0.497 e. The molecule has 9 nitrogen and oxygen atoms in total. The molecule has 0 bridgehead atoms. The van der Waals surface area contributed by atoms with E-state index in [4.69, 9.17) is 14.2 Å². The zero-order valence-electron chi connectivity index (χ0n) is 17.1. The van der Waals surface area contributed by atoms with Crippen molar-refractivity contribution in [2.75, 3.05) is 18.2 Å². The number of sulfonamides is 1. The van der Waals surface area contributed by atoms with Gasteiger partial charge in [-0.05, 0) is 36.4 Å². The predicted octanol–water partition coefficient (Wildman–Crippen LogP) is 3.87. The molecule has 0 fully saturated rings. The Hall–Kier alpha value is -3.63. The van der Waals surface area contributed by atoms with Gasteiger partial charge in [-0.3, -0.25) is 14.4 Å². The number of non-ortho nitro benzene ring substituents is 1. The molecule has 4 rings (SSSR count). The molecule has 0 atom stereocenters. The molecule has 0 N–H and O–H groups in total. The van der Waals surface area contributed by atoms with Crippen LogP contribution in [0.5, 0.6) is 11.5 Å². The van der Waals surface area contributed by atoms with Crippen molar-refractivity contribution >= 4 is 21.4 Å². The molecule has 0 saturated heterocycles. The van der Waals surface area contributed by atoms with Crippen molar-refractivity contribution in [3.05, 3.63) is 88.0 Å². The second kappa shape index (κ2) is 8.85. The third-order valence-electron chi connectivity index (χ3n) is 4.99. The van der Waals surface area contributed by atoms with Gasteiger partial charge in [0, 0.05) is 23.3 Å². The Labute approximate surface area is 185 Å². The van der Waals surface area contributed by atoms with Crippen molar-refractivity contribution in [3.8, 4) is 11.5 Å². The average Bonchev–Trinajstić information content (AvgIpc) is 2.82. The lowest BCUT2D eigenvalue weighted by molar-refractivity contribution is -0.385. The summed E-state index contributed by atoms with van der Waals surface area (Å²) in [7, 11) is -2.48. The number of nitrogens with zero attached hydrogens (tertiary/aromatic N) is 2. The number of nitro benzene ring substituents is 1. The van der Waals surface area contributed by atoms with Gasteiger partial charge in [-0.25, -0.2) is 8.42 Å². The molecule has 166 valence electrons. The number of nitro groups is 1. The van der Waals surface area contributed by atoms with Crippen LogP contribution in [0.25, 0.3) is 0 Å². The monoisotopic (exact) mass is 456 g/mol. The van der Waals surface area contributed by atoms with Crippen LogP contribution in [-0.2, 0) is 27.9 Å². The van der Waals surface area contributed by atoms with E-state index in [0.717, 1.165) is 0 Å².